The van der Waals surface area contributed by atoms with Crippen molar-refractivity contribution in [1.82, 2.24) is 9.55 Å². The van der Waals surface area contributed by atoms with Crippen molar-refractivity contribution >= 4 is 0 Å². The Bertz CT molecular complexity index is 482. The van der Waals surface area contributed by atoms with Crippen LogP contribution < -0.4 is 10.4 Å². The lowest BCUT2D eigenvalue weighted by Crippen LogP contribution is -2.16. The third-order valence-electron chi connectivity index (χ3n) is 2.23. The van der Waals surface area contributed by atoms with Crippen molar-refractivity contribution in [2.45, 2.75) is 6.54 Å². The molecule has 0 atom stereocenters. The summed E-state index contributed by atoms with van der Waals surface area (Å²) in [4.78, 5) is 13.8. The largest absolute Gasteiger partial charge is 0.497 e. The smallest absolute Gasteiger partial charge is 0.325 e. The molecule has 0 radical (unpaired) electrons. The quantitative estimate of drug-likeness (QED) is 0.817. The Morgan fingerprint density at radius 3 is 2.60 bits per heavy atom. The number of nitrogens with zero attached hydrogens (tertiary/aromatic N) is 1. The fourth-order valence-electron chi connectivity index (χ4n) is 1.40. The summed E-state index contributed by atoms with van der Waals surface area (Å²) in [6.07, 6.45) is 3.36. The lowest BCUT2D eigenvalue weighted by Gasteiger charge is -2.03. The van der Waals surface area contributed by atoms with Gasteiger partial charge in [-0.05, 0) is 17.7 Å². The minimum absolute atomic E-state index is 0.0918. The Hall–Kier alpha value is -1.97. The molecule has 78 valence electrons. The zero-order valence-corrected chi connectivity index (χ0v) is 8.43. The van der Waals surface area contributed by atoms with Gasteiger partial charge in [-0.25, -0.2) is 4.79 Å². The van der Waals surface area contributed by atoms with Crippen molar-refractivity contribution in [3.05, 3.63) is 52.7 Å². The standard InChI is InChI=1S/C11H12N2O2/c1-15-10-4-2-9(3-5-10)8-13-7-6-12-11(13)14/h2-7H,8H2,1H3,(H,12,14). The summed E-state index contributed by atoms with van der Waals surface area (Å²) in [7, 11) is 1.63. The molecule has 0 spiro atoms. The first-order valence-corrected chi connectivity index (χ1v) is 4.66. The van der Waals surface area contributed by atoms with Crippen LogP contribution in [0.3, 0.4) is 0 Å². The van der Waals surface area contributed by atoms with Gasteiger partial charge in [0.05, 0.1) is 13.7 Å². The Balaban J connectivity index is 2.18. The zero-order valence-electron chi connectivity index (χ0n) is 8.43. The van der Waals surface area contributed by atoms with Crippen LogP contribution in [0.4, 0.5) is 0 Å². The van der Waals surface area contributed by atoms with Crippen molar-refractivity contribution in [1.29, 1.82) is 0 Å². The maximum absolute atomic E-state index is 11.2. The summed E-state index contributed by atoms with van der Waals surface area (Å²) < 4.78 is 6.67. The summed E-state index contributed by atoms with van der Waals surface area (Å²) in [5, 5.41) is 0. The van der Waals surface area contributed by atoms with E-state index in [0.29, 0.717) is 6.54 Å². The number of aromatic nitrogens is 2. The van der Waals surface area contributed by atoms with Crippen LogP contribution in [0.15, 0.2) is 41.5 Å². The van der Waals surface area contributed by atoms with Gasteiger partial charge in [-0.3, -0.25) is 4.57 Å². The number of nitrogens with one attached hydrogen (secondary N) is 1. The SMILES string of the molecule is COc1ccc(Cn2cc[nH]c2=O)cc1. The summed E-state index contributed by atoms with van der Waals surface area (Å²) in [6, 6.07) is 7.65. The molecular weight excluding hydrogens is 192 g/mol. The molecule has 2 aromatic rings. The average molecular weight is 204 g/mol. The minimum Gasteiger partial charge on any atom is -0.497 e. The fourth-order valence-corrected chi connectivity index (χ4v) is 1.40. The van der Waals surface area contributed by atoms with Gasteiger partial charge >= 0.3 is 5.69 Å². The summed E-state index contributed by atoms with van der Waals surface area (Å²) in [5.41, 5.74) is 0.975. The molecule has 0 bridgehead atoms. The molecule has 0 unspecified atom stereocenters. The van der Waals surface area contributed by atoms with Crippen molar-refractivity contribution < 1.29 is 4.74 Å². The number of hydrogen-bond acceptors (Lipinski definition) is 2. The third-order valence-corrected chi connectivity index (χ3v) is 2.23. The Labute approximate surface area is 87.1 Å². The van der Waals surface area contributed by atoms with Crippen molar-refractivity contribution in [3.63, 3.8) is 0 Å². The maximum Gasteiger partial charge on any atom is 0.325 e. The number of ether oxygens (including phenoxy) is 1. The van der Waals surface area contributed by atoms with Crippen LogP contribution in [0.1, 0.15) is 5.56 Å². The second-order valence-corrected chi connectivity index (χ2v) is 3.24. The highest BCUT2D eigenvalue weighted by molar-refractivity contribution is 5.27. The number of imidazole rings is 1. The predicted octanol–water partition coefficient (Wildman–Crippen LogP) is 1.23. The Morgan fingerprint density at radius 1 is 1.33 bits per heavy atom. The molecule has 4 nitrogen and oxygen atoms in total. The summed E-state index contributed by atoms with van der Waals surface area (Å²) in [6.45, 7) is 0.576. The number of H-pyrrole nitrogens is 1. The van der Waals surface area contributed by atoms with E-state index in [1.807, 2.05) is 24.3 Å². The molecule has 1 aromatic carbocycles. The molecule has 0 aliphatic heterocycles. The number of methoxy groups -OCH3 is 1. The molecule has 0 amide bonds. The van der Waals surface area contributed by atoms with E-state index in [1.165, 1.54) is 0 Å². The van der Waals surface area contributed by atoms with Gasteiger partial charge in [0.15, 0.2) is 0 Å². The minimum atomic E-state index is -0.0918. The third kappa shape index (κ3) is 2.10. The Morgan fingerprint density at radius 2 is 2.07 bits per heavy atom. The van der Waals surface area contributed by atoms with E-state index in [4.69, 9.17) is 4.74 Å². The van der Waals surface area contributed by atoms with E-state index in [1.54, 1.807) is 24.1 Å². The highest BCUT2D eigenvalue weighted by Gasteiger charge is 1.98. The van der Waals surface area contributed by atoms with Crippen LogP contribution in [-0.4, -0.2) is 16.7 Å². The number of hydrogen-bond donors (Lipinski definition) is 1. The van der Waals surface area contributed by atoms with E-state index in [-0.39, 0.29) is 5.69 Å². The van der Waals surface area contributed by atoms with Crippen LogP contribution in [-0.2, 0) is 6.54 Å². The molecule has 0 aliphatic carbocycles. The normalized spacial score (nSPS) is 10.2. The fraction of sp³-hybridized carbons (Fsp3) is 0.182. The van der Waals surface area contributed by atoms with Crippen LogP contribution in [0.5, 0.6) is 5.75 Å². The van der Waals surface area contributed by atoms with Gasteiger partial charge in [0.1, 0.15) is 5.75 Å². The molecule has 1 N–H and O–H groups in total. The molecule has 15 heavy (non-hydrogen) atoms. The first-order valence-electron chi connectivity index (χ1n) is 4.66. The van der Waals surface area contributed by atoms with Crippen molar-refractivity contribution in [2.24, 2.45) is 0 Å². The van der Waals surface area contributed by atoms with E-state index in [9.17, 15) is 4.79 Å². The average Bonchev–Trinajstić information content (AvgIpc) is 2.66. The van der Waals surface area contributed by atoms with E-state index < -0.39 is 0 Å². The Kier molecular flexibility index (Phi) is 2.58. The van der Waals surface area contributed by atoms with Gasteiger partial charge in [-0.15, -0.1) is 0 Å². The van der Waals surface area contributed by atoms with Crippen LogP contribution in [0.25, 0.3) is 0 Å². The lowest BCUT2D eigenvalue weighted by molar-refractivity contribution is 0.414. The molecule has 0 aliphatic rings. The molecule has 1 heterocycles. The summed E-state index contributed by atoms with van der Waals surface area (Å²) in [5.74, 6) is 0.820. The second-order valence-electron chi connectivity index (χ2n) is 3.24. The van der Waals surface area contributed by atoms with E-state index in [0.717, 1.165) is 11.3 Å². The van der Waals surface area contributed by atoms with E-state index >= 15 is 0 Å². The predicted molar refractivity (Wildman–Crippen MR) is 57.1 cm³/mol. The number of rotatable bonds is 3. The molecule has 4 heteroatoms. The van der Waals surface area contributed by atoms with Crippen LogP contribution in [0, 0.1) is 0 Å². The van der Waals surface area contributed by atoms with Crippen molar-refractivity contribution in [2.75, 3.05) is 7.11 Å². The molecule has 2 rings (SSSR count). The van der Waals surface area contributed by atoms with Gasteiger partial charge in [0, 0.05) is 12.4 Å². The highest BCUT2D eigenvalue weighted by atomic mass is 16.5. The first-order chi connectivity index (χ1) is 7.29. The van der Waals surface area contributed by atoms with Gasteiger partial charge < -0.3 is 9.72 Å². The molecule has 1 aromatic heterocycles. The van der Waals surface area contributed by atoms with Crippen LogP contribution >= 0.6 is 0 Å². The molecule has 0 saturated carbocycles. The van der Waals surface area contributed by atoms with Gasteiger partial charge in [0.2, 0.25) is 0 Å². The van der Waals surface area contributed by atoms with Gasteiger partial charge in [0.25, 0.3) is 0 Å². The second kappa shape index (κ2) is 4.04. The maximum atomic E-state index is 11.2. The van der Waals surface area contributed by atoms with Gasteiger partial charge in [-0.2, -0.15) is 0 Å². The highest BCUT2D eigenvalue weighted by Crippen LogP contribution is 2.11. The van der Waals surface area contributed by atoms with Crippen molar-refractivity contribution in [3.8, 4) is 5.75 Å². The lowest BCUT2D eigenvalue weighted by atomic mass is 10.2. The topological polar surface area (TPSA) is 47.0 Å². The van der Waals surface area contributed by atoms with Crippen LogP contribution in [0.2, 0.25) is 0 Å². The molecule has 0 fully saturated rings. The first kappa shape index (κ1) is 9.58. The zero-order chi connectivity index (χ0) is 10.7. The molecule has 0 saturated heterocycles. The molecular formula is C11H12N2O2. The monoisotopic (exact) mass is 204 g/mol. The van der Waals surface area contributed by atoms with E-state index in [2.05, 4.69) is 4.98 Å². The summed E-state index contributed by atoms with van der Waals surface area (Å²) >= 11 is 0. The van der Waals surface area contributed by atoms with Gasteiger partial charge in [-0.1, -0.05) is 12.1 Å². The number of aromatic amines is 1. The number of benzene rings is 1.